The molecule has 2 rings (SSSR count). The van der Waals surface area contributed by atoms with Gasteiger partial charge in [0.1, 0.15) is 5.69 Å². The average molecular weight is 279 g/mol. The molecule has 0 atom stereocenters. The van der Waals surface area contributed by atoms with Crippen LogP contribution in [0.4, 0.5) is 0 Å². The molecule has 3 N–H and O–H groups in total. The summed E-state index contributed by atoms with van der Waals surface area (Å²) in [7, 11) is 0. The highest BCUT2D eigenvalue weighted by molar-refractivity contribution is 5.97. The molecule has 0 radical (unpaired) electrons. The van der Waals surface area contributed by atoms with Gasteiger partial charge in [0.05, 0.1) is 5.60 Å². The van der Waals surface area contributed by atoms with Crippen molar-refractivity contribution in [2.45, 2.75) is 26.4 Å². The summed E-state index contributed by atoms with van der Waals surface area (Å²) in [6, 6.07) is 3.56. The Labute approximate surface area is 115 Å². The number of amides is 1. The molecule has 1 amide bonds. The molecule has 0 fully saturated rings. The standard InChI is InChI=1S/C12H15N3O2.CH2O2/c1-12(2,3)17-15-11(16)10-6-8-7-13-5-4-9(8)14-10;2-1-3/h4-7,14H,1-3H3,(H,15,16);1H,(H,2,3). The molecule has 0 saturated carbocycles. The molecule has 20 heavy (non-hydrogen) atoms. The zero-order valence-corrected chi connectivity index (χ0v) is 11.5. The molecule has 2 heterocycles. The van der Waals surface area contributed by atoms with Gasteiger partial charge in [0.25, 0.3) is 12.4 Å². The summed E-state index contributed by atoms with van der Waals surface area (Å²) in [6.45, 7) is 5.34. The Morgan fingerprint density at radius 3 is 2.70 bits per heavy atom. The second-order valence-corrected chi connectivity index (χ2v) is 4.90. The molecule has 0 spiro atoms. The Hall–Kier alpha value is -2.41. The van der Waals surface area contributed by atoms with Crippen molar-refractivity contribution in [1.29, 1.82) is 0 Å². The number of nitrogens with zero attached hydrogens (tertiary/aromatic N) is 1. The van der Waals surface area contributed by atoms with Crippen molar-refractivity contribution in [2.24, 2.45) is 0 Å². The Balaban J connectivity index is 0.000000612. The van der Waals surface area contributed by atoms with Crippen molar-refractivity contribution in [3.63, 3.8) is 0 Å². The van der Waals surface area contributed by atoms with Gasteiger partial charge in [0, 0.05) is 23.3 Å². The number of H-pyrrole nitrogens is 1. The van der Waals surface area contributed by atoms with E-state index in [-0.39, 0.29) is 12.4 Å². The number of hydroxylamine groups is 1. The summed E-state index contributed by atoms with van der Waals surface area (Å²) >= 11 is 0. The third kappa shape index (κ3) is 4.69. The van der Waals surface area contributed by atoms with Crippen LogP contribution in [0.1, 0.15) is 31.3 Å². The molecule has 2 aromatic rings. The number of pyridine rings is 1. The number of carbonyl (C=O) groups excluding carboxylic acids is 1. The van der Waals surface area contributed by atoms with Crippen molar-refractivity contribution in [2.75, 3.05) is 0 Å². The average Bonchev–Trinajstić information content (AvgIpc) is 2.79. The van der Waals surface area contributed by atoms with E-state index in [1.54, 1.807) is 18.5 Å². The topological polar surface area (TPSA) is 104 Å². The van der Waals surface area contributed by atoms with Gasteiger partial charge in [0.15, 0.2) is 0 Å². The number of aromatic nitrogens is 2. The number of hydrogen-bond acceptors (Lipinski definition) is 4. The summed E-state index contributed by atoms with van der Waals surface area (Å²) in [4.78, 5) is 32.3. The Kier molecular flexibility index (Phi) is 5.22. The summed E-state index contributed by atoms with van der Waals surface area (Å²) in [5.41, 5.74) is 3.33. The van der Waals surface area contributed by atoms with E-state index in [1.165, 1.54) is 0 Å². The zero-order chi connectivity index (χ0) is 15.2. The predicted octanol–water partition coefficient (Wildman–Crippen LogP) is 1.72. The lowest BCUT2D eigenvalue weighted by Gasteiger charge is -2.18. The highest BCUT2D eigenvalue weighted by Crippen LogP contribution is 2.13. The van der Waals surface area contributed by atoms with E-state index in [2.05, 4.69) is 15.4 Å². The van der Waals surface area contributed by atoms with Gasteiger partial charge in [-0.1, -0.05) is 0 Å². The van der Waals surface area contributed by atoms with E-state index in [9.17, 15) is 4.79 Å². The van der Waals surface area contributed by atoms with E-state index in [1.807, 2.05) is 26.8 Å². The van der Waals surface area contributed by atoms with Crippen molar-refractivity contribution >= 4 is 23.3 Å². The Morgan fingerprint density at radius 1 is 1.50 bits per heavy atom. The minimum absolute atomic E-state index is 0.250. The van der Waals surface area contributed by atoms with E-state index >= 15 is 0 Å². The van der Waals surface area contributed by atoms with Gasteiger partial charge in [0.2, 0.25) is 0 Å². The van der Waals surface area contributed by atoms with Gasteiger partial charge in [-0.25, -0.2) is 5.48 Å². The molecule has 0 aliphatic carbocycles. The van der Waals surface area contributed by atoms with Crippen LogP contribution in [0.3, 0.4) is 0 Å². The lowest BCUT2D eigenvalue weighted by atomic mass is 10.2. The largest absolute Gasteiger partial charge is 0.483 e. The second kappa shape index (κ2) is 6.67. The molecule has 7 heteroatoms. The summed E-state index contributed by atoms with van der Waals surface area (Å²) in [5, 5.41) is 7.79. The van der Waals surface area contributed by atoms with E-state index < -0.39 is 5.60 Å². The number of carboxylic acid groups (broad SMARTS) is 1. The van der Waals surface area contributed by atoms with E-state index in [4.69, 9.17) is 14.7 Å². The van der Waals surface area contributed by atoms with Crippen LogP contribution in [0.25, 0.3) is 10.9 Å². The smallest absolute Gasteiger partial charge is 0.291 e. The number of aromatic amines is 1. The van der Waals surface area contributed by atoms with Crippen LogP contribution in [0.15, 0.2) is 24.5 Å². The zero-order valence-electron chi connectivity index (χ0n) is 11.5. The number of carbonyl (C=O) groups is 2. The third-order valence-corrected chi connectivity index (χ3v) is 2.12. The van der Waals surface area contributed by atoms with Gasteiger partial charge < -0.3 is 10.1 Å². The van der Waals surface area contributed by atoms with Crippen molar-refractivity contribution in [3.05, 3.63) is 30.2 Å². The first kappa shape index (κ1) is 15.6. The second-order valence-electron chi connectivity index (χ2n) is 4.90. The molecule has 7 nitrogen and oxygen atoms in total. The van der Waals surface area contributed by atoms with Crippen LogP contribution in [-0.4, -0.2) is 33.1 Å². The fourth-order valence-corrected chi connectivity index (χ4v) is 1.35. The molecule has 2 aromatic heterocycles. The van der Waals surface area contributed by atoms with Gasteiger partial charge in [-0.15, -0.1) is 0 Å². The predicted molar refractivity (Wildman–Crippen MR) is 73.1 cm³/mol. The van der Waals surface area contributed by atoms with E-state index in [0.29, 0.717) is 5.69 Å². The molecular formula is C13H17N3O4. The minimum Gasteiger partial charge on any atom is -0.483 e. The number of nitrogens with one attached hydrogen (secondary N) is 2. The fraction of sp³-hybridized carbons (Fsp3) is 0.308. The molecule has 0 unspecified atom stereocenters. The van der Waals surface area contributed by atoms with Crippen LogP contribution in [0.2, 0.25) is 0 Å². The summed E-state index contributed by atoms with van der Waals surface area (Å²) in [6.07, 6.45) is 3.37. The molecule has 0 aliphatic heterocycles. The lowest BCUT2D eigenvalue weighted by molar-refractivity contribution is -0.122. The van der Waals surface area contributed by atoms with Crippen molar-refractivity contribution in [1.82, 2.24) is 15.4 Å². The highest BCUT2D eigenvalue weighted by Gasteiger charge is 2.15. The number of hydrogen-bond donors (Lipinski definition) is 3. The molecule has 0 saturated heterocycles. The first-order chi connectivity index (χ1) is 9.37. The van der Waals surface area contributed by atoms with E-state index in [0.717, 1.165) is 10.9 Å². The SMILES string of the molecule is CC(C)(C)ONC(=O)c1cc2cnccc2[nH]1.O=CO. The third-order valence-electron chi connectivity index (χ3n) is 2.12. The Morgan fingerprint density at radius 2 is 2.15 bits per heavy atom. The monoisotopic (exact) mass is 279 g/mol. The quantitative estimate of drug-likeness (QED) is 0.573. The first-order valence-corrected chi connectivity index (χ1v) is 5.86. The van der Waals surface area contributed by atoms with Gasteiger partial charge in [-0.3, -0.25) is 19.4 Å². The van der Waals surface area contributed by atoms with Gasteiger partial charge in [-0.05, 0) is 32.9 Å². The number of rotatable bonds is 2. The first-order valence-electron chi connectivity index (χ1n) is 5.86. The normalized spacial score (nSPS) is 10.6. The summed E-state index contributed by atoms with van der Waals surface area (Å²) in [5.74, 6) is -0.295. The minimum atomic E-state index is -0.413. The highest BCUT2D eigenvalue weighted by atomic mass is 16.7. The fourth-order valence-electron chi connectivity index (χ4n) is 1.35. The molecular weight excluding hydrogens is 262 g/mol. The van der Waals surface area contributed by atoms with Crippen molar-refractivity contribution < 1.29 is 19.5 Å². The molecule has 0 aromatic carbocycles. The van der Waals surface area contributed by atoms with Crippen LogP contribution >= 0.6 is 0 Å². The molecule has 0 aliphatic rings. The van der Waals surface area contributed by atoms with Gasteiger partial charge in [-0.2, -0.15) is 0 Å². The van der Waals surface area contributed by atoms with Crippen LogP contribution in [-0.2, 0) is 9.63 Å². The van der Waals surface area contributed by atoms with Gasteiger partial charge >= 0.3 is 0 Å². The molecule has 0 bridgehead atoms. The van der Waals surface area contributed by atoms with Crippen LogP contribution in [0.5, 0.6) is 0 Å². The van der Waals surface area contributed by atoms with Crippen LogP contribution < -0.4 is 5.48 Å². The van der Waals surface area contributed by atoms with Crippen LogP contribution in [0, 0.1) is 0 Å². The number of fused-ring (bicyclic) bond motifs is 1. The maximum absolute atomic E-state index is 11.8. The lowest BCUT2D eigenvalue weighted by Crippen LogP contribution is -2.33. The Bertz CT molecular complexity index is 554. The maximum Gasteiger partial charge on any atom is 0.291 e. The van der Waals surface area contributed by atoms with Crippen molar-refractivity contribution in [3.8, 4) is 0 Å². The summed E-state index contributed by atoms with van der Waals surface area (Å²) < 4.78 is 0. The maximum atomic E-state index is 11.8. The molecule has 108 valence electrons.